The SMILES string of the molecule is N=C(Cc1cccc(CO[C@@H]2CN[C@H](COCc3cccc(N=C(N)c4cccs4)c3)C2)c1)c1cccs1. The first-order valence-electron chi connectivity index (χ1n) is 12.7. The molecule has 1 fully saturated rings. The molecule has 0 spiro atoms. The number of thiophene rings is 2. The van der Waals surface area contributed by atoms with Gasteiger partial charge in [0.25, 0.3) is 0 Å². The molecule has 0 bridgehead atoms. The molecular formula is C30H32N4O2S2. The predicted molar refractivity (Wildman–Crippen MR) is 157 cm³/mol. The fourth-order valence-corrected chi connectivity index (χ4v) is 5.78. The number of amidine groups is 1. The maximum atomic E-state index is 8.34. The summed E-state index contributed by atoms with van der Waals surface area (Å²) in [5.74, 6) is 0.531. The van der Waals surface area contributed by atoms with Gasteiger partial charge in [0.05, 0.1) is 42.2 Å². The summed E-state index contributed by atoms with van der Waals surface area (Å²) in [6, 6.07) is 24.6. The van der Waals surface area contributed by atoms with Crippen LogP contribution in [0.15, 0.2) is 88.5 Å². The standard InChI is InChI=1S/C30H32N4O2S2/c31-27(28-9-3-11-37-28)15-21-5-1-6-22(13-21)19-36-26-16-25(33-17-26)20-35-18-23-7-2-8-24(14-23)34-30(32)29-10-4-12-38-29/h1-14,25-26,31,33H,15-20H2,(H2,32,34)/t25-,26-/m0/s1. The topological polar surface area (TPSA) is 92.7 Å². The highest BCUT2D eigenvalue weighted by Gasteiger charge is 2.24. The molecule has 6 nitrogen and oxygen atoms in total. The van der Waals surface area contributed by atoms with Gasteiger partial charge in [-0.3, -0.25) is 0 Å². The smallest absolute Gasteiger partial charge is 0.141 e. The number of aliphatic imine (C=N–C) groups is 1. The third kappa shape index (κ3) is 7.46. The molecule has 1 aliphatic rings. The van der Waals surface area contributed by atoms with E-state index in [4.69, 9.17) is 20.6 Å². The lowest BCUT2D eigenvalue weighted by Gasteiger charge is -2.13. The van der Waals surface area contributed by atoms with E-state index in [0.717, 1.165) is 45.1 Å². The lowest BCUT2D eigenvalue weighted by Crippen LogP contribution is -2.26. The largest absolute Gasteiger partial charge is 0.383 e. The quantitative estimate of drug-likeness (QED) is 0.152. The van der Waals surface area contributed by atoms with E-state index in [-0.39, 0.29) is 12.1 Å². The summed E-state index contributed by atoms with van der Waals surface area (Å²) in [7, 11) is 0. The lowest BCUT2D eigenvalue weighted by molar-refractivity contribution is 0.0471. The first-order chi connectivity index (χ1) is 18.6. The normalized spacial score (nSPS) is 17.6. The number of hydrogen-bond acceptors (Lipinski definition) is 7. The highest BCUT2D eigenvalue weighted by Crippen LogP contribution is 2.19. The molecule has 2 aromatic heterocycles. The van der Waals surface area contributed by atoms with Crippen LogP contribution in [0.4, 0.5) is 5.69 Å². The monoisotopic (exact) mass is 544 g/mol. The van der Waals surface area contributed by atoms with E-state index in [1.54, 1.807) is 22.7 Å². The number of benzene rings is 2. The summed E-state index contributed by atoms with van der Waals surface area (Å²) in [5, 5.41) is 15.9. The van der Waals surface area contributed by atoms with Crippen molar-refractivity contribution in [2.45, 2.75) is 38.2 Å². The second-order valence-electron chi connectivity index (χ2n) is 9.39. The van der Waals surface area contributed by atoms with Crippen LogP contribution in [0.25, 0.3) is 0 Å². The van der Waals surface area contributed by atoms with Crippen LogP contribution in [0.3, 0.4) is 0 Å². The average Bonchev–Trinajstić information content (AvgIpc) is 3.71. The van der Waals surface area contributed by atoms with Crippen LogP contribution in [-0.4, -0.2) is 36.8 Å². The van der Waals surface area contributed by atoms with E-state index in [9.17, 15) is 0 Å². The molecule has 4 N–H and O–H groups in total. The van der Waals surface area contributed by atoms with E-state index >= 15 is 0 Å². The third-order valence-corrected chi connectivity index (χ3v) is 8.20. The number of ether oxygens (including phenoxy) is 2. The fourth-order valence-electron chi connectivity index (χ4n) is 4.47. The highest BCUT2D eigenvalue weighted by atomic mass is 32.1. The Bertz CT molecular complexity index is 1350. The average molecular weight is 545 g/mol. The summed E-state index contributed by atoms with van der Waals surface area (Å²) >= 11 is 3.19. The van der Waals surface area contributed by atoms with Gasteiger partial charge in [0.15, 0.2) is 0 Å². The maximum absolute atomic E-state index is 8.34. The molecule has 4 aromatic rings. The summed E-state index contributed by atoms with van der Waals surface area (Å²) in [6.07, 6.45) is 1.72. The van der Waals surface area contributed by atoms with Crippen LogP contribution < -0.4 is 11.1 Å². The molecule has 0 aliphatic carbocycles. The van der Waals surface area contributed by atoms with Crippen molar-refractivity contribution in [2.75, 3.05) is 13.2 Å². The van der Waals surface area contributed by atoms with Crippen LogP contribution in [0.5, 0.6) is 0 Å². The molecule has 5 rings (SSSR count). The maximum Gasteiger partial charge on any atom is 0.141 e. The second kappa shape index (κ2) is 13.1. The van der Waals surface area contributed by atoms with Gasteiger partial charge in [0, 0.05) is 23.9 Å². The van der Waals surface area contributed by atoms with Crippen molar-refractivity contribution < 1.29 is 9.47 Å². The molecule has 196 valence electrons. The summed E-state index contributed by atoms with van der Waals surface area (Å²) in [6.45, 7) is 2.55. The minimum absolute atomic E-state index is 0.162. The Hall–Kier alpha value is -3.14. The molecule has 0 radical (unpaired) electrons. The van der Waals surface area contributed by atoms with E-state index < -0.39 is 0 Å². The van der Waals surface area contributed by atoms with Gasteiger partial charge in [-0.05, 0) is 58.1 Å². The van der Waals surface area contributed by atoms with Gasteiger partial charge in [-0.25, -0.2) is 4.99 Å². The van der Waals surface area contributed by atoms with Crippen molar-refractivity contribution in [3.63, 3.8) is 0 Å². The van der Waals surface area contributed by atoms with Crippen molar-refractivity contribution in [1.82, 2.24) is 5.32 Å². The van der Waals surface area contributed by atoms with E-state index in [1.807, 2.05) is 59.3 Å². The first kappa shape index (κ1) is 26.5. The Balaban J connectivity index is 1.04. The molecular weight excluding hydrogens is 512 g/mol. The Labute approximate surface area is 231 Å². The van der Waals surface area contributed by atoms with Crippen LogP contribution in [0.1, 0.15) is 32.9 Å². The summed E-state index contributed by atoms with van der Waals surface area (Å²) < 4.78 is 12.2. The van der Waals surface area contributed by atoms with E-state index in [1.165, 1.54) is 0 Å². The minimum atomic E-state index is 0.162. The molecule has 3 heterocycles. The molecule has 0 saturated carbocycles. The molecule has 1 aliphatic heterocycles. The minimum Gasteiger partial charge on any atom is -0.383 e. The molecule has 8 heteroatoms. The van der Waals surface area contributed by atoms with Gasteiger partial charge in [0.2, 0.25) is 0 Å². The van der Waals surface area contributed by atoms with Gasteiger partial charge in [-0.1, -0.05) is 48.5 Å². The van der Waals surface area contributed by atoms with Gasteiger partial charge in [0.1, 0.15) is 5.84 Å². The third-order valence-electron chi connectivity index (χ3n) is 6.38. The second-order valence-corrected chi connectivity index (χ2v) is 11.3. The Kier molecular flexibility index (Phi) is 9.11. The van der Waals surface area contributed by atoms with Crippen LogP contribution >= 0.6 is 22.7 Å². The van der Waals surface area contributed by atoms with Crippen LogP contribution in [0, 0.1) is 5.41 Å². The zero-order valence-electron chi connectivity index (χ0n) is 21.1. The Morgan fingerprint density at radius 2 is 1.66 bits per heavy atom. The molecule has 2 atom stereocenters. The van der Waals surface area contributed by atoms with Crippen molar-refractivity contribution in [3.05, 3.63) is 110 Å². The van der Waals surface area contributed by atoms with E-state index in [2.05, 4.69) is 34.6 Å². The van der Waals surface area contributed by atoms with Gasteiger partial charge in [-0.15, -0.1) is 22.7 Å². The van der Waals surface area contributed by atoms with E-state index in [0.29, 0.717) is 37.8 Å². The van der Waals surface area contributed by atoms with Gasteiger partial charge < -0.3 is 25.9 Å². The number of nitrogens with one attached hydrogen (secondary N) is 2. The van der Waals surface area contributed by atoms with Crippen molar-refractivity contribution >= 4 is 39.9 Å². The van der Waals surface area contributed by atoms with Crippen molar-refractivity contribution in [2.24, 2.45) is 10.7 Å². The fraction of sp³-hybridized carbons (Fsp3) is 0.267. The Morgan fingerprint density at radius 1 is 0.921 bits per heavy atom. The zero-order chi connectivity index (χ0) is 26.2. The number of hydrogen-bond donors (Lipinski definition) is 3. The number of nitrogens with two attached hydrogens (primary N) is 1. The molecule has 0 amide bonds. The highest BCUT2D eigenvalue weighted by molar-refractivity contribution is 7.12. The first-order valence-corrected chi connectivity index (χ1v) is 14.5. The van der Waals surface area contributed by atoms with Gasteiger partial charge in [-0.2, -0.15) is 0 Å². The van der Waals surface area contributed by atoms with Crippen molar-refractivity contribution in [1.29, 1.82) is 5.41 Å². The molecule has 0 unspecified atom stereocenters. The lowest BCUT2D eigenvalue weighted by atomic mass is 10.0. The van der Waals surface area contributed by atoms with Crippen LogP contribution in [-0.2, 0) is 29.1 Å². The molecule has 2 aromatic carbocycles. The molecule has 1 saturated heterocycles. The van der Waals surface area contributed by atoms with Crippen molar-refractivity contribution in [3.8, 4) is 0 Å². The Morgan fingerprint density at radius 3 is 2.45 bits per heavy atom. The number of rotatable bonds is 12. The predicted octanol–water partition coefficient (Wildman–Crippen LogP) is 5.92. The summed E-state index contributed by atoms with van der Waals surface area (Å²) in [5.41, 5.74) is 11.0. The van der Waals surface area contributed by atoms with Crippen LogP contribution in [0.2, 0.25) is 0 Å². The number of nitrogens with zero attached hydrogens (tertiary/aromatic N) is 1. The zero-order valence-corrected chi connectivity index (χ0v) is 22.8. The summed E-state index contributed by atoms with van der Waals surface area (Å²) in [4.78, 5) is 6.54. The molecule has 38 heavy (non-hydrogen) atoms. The van der Waals surface area contributed by atoms with Gasteiger partial charge >= 0.3 is 0 Å².